The van der Waals surface area contributed by atoms with Crippen LogP contribution in [0.3, 0.4) is 0 Å². The lowest BCUT2D eigenvalue weighted by atomic mass is 9.61. The molecule has 0 amide bonds. The summed E-state index contributed by atoms with van der Waals surface area (Å²) in [6.07, 6.45) is 0.483. The first-order chi connectivity index (χ1) is 63.7. The predicted octanol–water partition coefficient (Wildman–Crippen LogP) is 23.3. The third-order valence-corrected chi connectivity index (χ3v) is 44.1. The van der Waals surface area contributed by atoms with Gasteiger partial charge in [0.15, 0.2) is 59.0 Å². The van der Waals surface area contributed by atoms with Crippen LogP contribution in [0.4, 0.5) is 4.39 Å². The number of carbonyl (C=O) groups is 3. The molecule has 0 radical (unpaired) electrons. The molecule has 0 saturated heterocycles. The Morgan fingerprint density at radius 3 is 0.881 bits per heavy atom. The highest BCUT2D eigenvalue weighted by atomic mass is 35.5. The van der Waals surface area contributed by atoms with E-state index in [0.717, 1.165) is 44.5 Å². The number of sulfone groups is 6. The zero-order chi connectivity index (χ0) is 95.4. The van der Waals surface area contributed by atoms with Crippen LogP contribution < -0.4 is 0 Å². The Morgan fingerprint density at radius 1 is 0.246 bits per heavy atom. The Hall–Kier alpha value is -9.56. The minimum absolute atomic E-state index is 0.00129. The fraction of sp³-hybridized carbons (Fsp3) is 0.306. The fourth-order valence-electron chi connectivity index (χ4n) is 22.4. The van der Waals surface area contributed by atoms with E-state index in [0.29, 0.717) is 36.8 Å². The normalized spacial score (nSPS) is 25.6. The van der Waals surface area contributed by atoms with Crippen LogP contribution in [0.5, 0.6) is 0 Å². The van der Waals surface area contributed by atoms with Crippen molar-refractivity contribution in [3.05, 3.63) is 390 Å². The van der Waals surface area contributed by atoms with Crippen LogP contribution in [0.15, 0.2) is 327 Å². The van der Waals surface area contributed by atoms with Gasteiger partial charge in [0.25, 0.3) is 0 Å². The maximum Gasteiger partial charge on any atom is 0.182 e. The van der Waals surface area contributed by atoms with Crippen LogP contribution in [0.2, 0.25) is 20.1 Å². The van der Waals surface area contributed by atoms with Gasteiger partial charge in [0, 0.05) is 92.6 Å². The quantitative estimate of drug-likeness (QED) is 0.0774. The van der Waals surface area contributed by atoms with E-state index in [4.69, 9.17) is 46.4 Å². The molecule has 0 N–H and O–H groups in total. The van der Waals surface area contributed by atoms with Gasteiger partial charge in [-0.15, -0.1) is 0 Å². The number of aryl methyl sites for hydroxylation is 6. The lowest BCUT2D eigenvalue weighted by molar-refractivity contribution is -0.129. The van der Waals surface area contributed by atoms with Crippen LogP contribution in [0.25, 0.3) is 0 Å². The van der Waals surface area contributed by atoms with E-state index in [1.165, 1.54) is 6.07 Å². The summed E-state index contributed by atoms with van der Waals surface area (Å²) >= 11 is 25.0. The molecule has 0 spiro atoms. The summed E-state index contributed by atoms with van der Waals surface area (Å²) in [7, 11) is -23.7. The van der Waals surface area contributed by atoms with Crippen molar-refractivity contribution in [3.63, 3.8) is 0 Å². The molecule has 12 aromatic carbocycles. The van der Waals surface area contributed by atoms with Crippen LogP contribution in [0, 0.1) is 82.9 Å². The summed E-state index contributed by atoms with van der Waals surface area (Å²) in [4.78, 5) is 43.3. The van der Waals surface area contributed by atoms with Crippen molar-refractivity contribution in [2.45, 2.75) is 196 Å². The van der Waals surface area contributed by atoms with Gasteiger partial charge in [-0.25, -0.2) is 54.9 Å². The van der Waals surface area contributed by atoms with Crippen molar-refractivity contribution >= 4 is 123 Å². The molecule has 0 heterocycles. The van der Waals surface area contributed by atoms with Gasteiger partial charge >= 0.3 is 0 Å². The zero-order valence-corrected chi connectivity index (χ0v) is 82.4. The van der Waals surface area contributed by atoms with Crippen molar-refractivity contribution in [2.75, 3.05) is 0 Å². The number of Topliss-reactive ketones (excluding diaryl/α,β-unsaturated/α-hetero) is 3. The molecule has 0 aliphatic heterocycles. The molecule has 696 valence electrons. The summed E-state index contributed by atoms with van der Waals surface area (Å²) in [6, 6.07) is 84.2. The van der Waals surface area contributed by atoms with E-state index in [1.807, 2.05) is 88.4 Å². The summed E-state index contributed by atoms with van der Waals surface area (Å²) < 4.78 is 189. The van der Waals surface area contributed by atoms with Gasteiger partial charge in [-0.1, -0.05) is 251 Å². The number of ketones is 3. The minimum atomic E-state index is -4.07. The molecular formula is C108H103Cl4FO15S6. The highest BCUT2D eigenvalue weighted by molar-refractivity contribution is 7.93. The van der Waals surface area contributed by atoms with E-state index < -0.39 is 167 Å². The molecule has 18 atom stereocenters. The third-order valence-electron chi connectivity index (χ3n) is 29.1. The smallest absolute Gasteiger partial charge is 0.182 e. The number of benzene rings is 12. The lowest BCUT2D eigenvalue weighted by Gasteiger charge is -2.48. The van der Waals surface area contributed by atoms with Crippen molar-refractivity contribution in [2.24, 2.45) is 35.5 Å². The van der Waals surface area contributed by atoms with Crippen LogP contribution in [-0.2, 0) is 73.4 Å². The second kappa shape index (κ2) is 39.5. The highest BCUT2D eigenvalue weighted by Gasteiger charge is 2.61. The van der Waals surface area contributed by atoms with Crippen molar-refractivity contribution < 1.29 is 69.3 Å². The van der Waals surface area contributed by atoms with E-state index >= 15 is 4.39 Å². The van der Waals surface area contributed by atoms with Gasteiger partial charge < -0.3 is 0 Å². The molecule has 0 bridgehead atoms. The third kappa shape index (κ3) is 19.6. The first-order valence-corrected chi connectivity index (χ1v) is 55.7. The first-order valence-electron chi connectivity index (χ1n) is 44.9. The largest absolute Gasteiger partial charge is 0.299 e. The van der Waals surface area contributed by atoms with Gasteiger partial charge in [0.1, 0.15) is 23.2 Å². The predicted molar refractivity (Wildman–Crippen MR) is 526 cm³/mol. The van der Waals surface area contributed by atoms with Gasteiger partial charge in [-0.2, -0.15) is 0 Å². The molecular weight excluding hydrogens is 1890 g/mol. The highest BCUT2D eigenvalue weighted by Crippen LogP contribution is 2.59. The number of halogens is 5. The van der Waals surface area contributed by atoms with E-state index in [2.05, 4.69) is 0 Å². The van der Waals surface area contributed by atoms with Gasteiger partial charge in [0.2, 0.25) is 0 Å². The Bertz CT molecular complexity index is 7140. The minimum Gasteiger partial charge on any atom is -0.299 e. The second-order valence-corrected chi connectivity index (χ2v) is 51.6. The molecule has 18 rings (SSSR count). The van der Waals surface area contributed by atoms with Gasteiger partial charge in [0.05, 0.1) is 60.9 Å². The molecule has 12 aromatic rings. The van der Waals surface area contributed by atoms with Crippen molar-refractivity contribution in [1.29, 1.82) is 0 Å². The average molecular weight is 1990 g/mol. The fourth-order valence-corrected chi connectivity index (χ4v) is 36.4. The molecule has 6 unspecified atom stereocenters. The average Bonchev–Trinajstić information content (AvgIpc) is 0.728. The topological polar surface area (TPSA) is 256 Å². The molecule has 6 fully saturated rings. The summed E-state index contributed by atoms with van der Waals surface area (Å²) in [6.45, 7) is 11.1. The summed E-state index contributed by atoms with van der Waals surface area (Å²) in [5, 5.41) is -3.78. The molecule has 6 aliphatic carbocycles. The van der Waals surface area contributed by atoms with Crippen molar-refractivity contribution in [1.82, 2.24) is 0 Å². The first kappa shape index (κ1) is 97.5. The zero-order valence-electron chi connectivity index (χ0n) is 74.5. The molecule has 15 nitrogen and oxygen atoms in total. The van der Waals surface area contributed by atoms with E-state index in [9.17, 15) is 64.9 Å². The maximum absolute atomic E-state index is 15.3. The number of hydrogen-bond donors (Lipinski definition) is 0. The molecule has 26 heteroatoms. The lowest BCUT2D eigenvalue weighted by Crippen LogP contribution is -2.53. The van der Waals surface area contributed by atoms with Crippen LogP contribution in [0.1, 0.15) is 160 Å². The van der Waals surface area contributed by atoms with Gasteiger partial charge in [-0.05, 0) is 258 Å². The monoisotopic (exact) mass is 1990 g/mol. The number of fused-ring (bicyclic) bond motifs is 3. The Morgan fingerprint density at radius 2 is 0.530 bits per heavy atom. The Kier molecular flexibility index (Phi) is 28.7. The second-order valence-electron chi connectivity index (χ2n) is 37.1. The SMILES string of the molecule is Cc1ccc(S(=O)(=O)C2C[C@H]3C(=O)C[C@@H](c4ccccc4F)C(S(=O)(=O)c4ccc(C)cc4)[C@H]3C[C@H]2c2ccccc2)cc1.Cc1ccc(S(=O)(=O)C2[C@H]3C[C@@H](c4ccc(Cl)cc4)C(S(=O)(=O)c4ccccc4C)C[C@H]3C(=O)C[C@H]2c2ccc(Cl)cc2)cc1.Cc1ccc(S(=O)(=O)C2[C@H]3C[C@@H](c4ccc(Cl)cc4)C(S(=O)(=O)c4ccccc4C)C[C@H]3C(=O)C[C@H]2c2cccc(Cl)c2)cc1. The van der Waals surface area contributed by atoms with Crippen LogP contribution >= 0.6 is 46.4 Å². The molecule has 6 aliphatic rings. The van der Waals surface area contributed by atoms with E-state index in [1.54, 1.807) is 244 Å². The Labute approximate surface area is 806 Å². The summed E-state index contributed by atoms with van der Waals surface area (Å²) in [5.41, 5.74) is 8.86. The summed E-state index contributed by atoms with van der Waals surface area (Å²) in [5.74, 6) is -9.02. The Balaban J connectivity index is 0.000000146. The standard InChI is InChI=1S/2C36H34Cl2O5S2.C36H35FO5S2/c1-22-10-16-28(17-11-22)44(40,41)36-30(25-7-5-8-27(38)18-25)20-33(39)31-21-35(45(42,43)34-9-4-3-6-23(34)2)29(19-32(31)36)24-12-14-26(37)15-13-24;1-22-7-17-28(18-8-22)44(40,41)36-30(25-11-15-27(38)16-12-25)20-33(39)31-21-35(45(42,43)34-6-4-3-5-23(34)2)29(19-32(31)36)24-9-13-26(37)14-10-24;1-23-12-16-26(17-13-23)43(39,40)35-22-30-31(20-29(35)25-8-4-3-5-9-25)36(44(41,42)27-18-14-24(2)15-19-27)32(21-34(30)38)28-10-6-7-11-33(28)37/h2*3-18,29-32,35-36H,19-21H2,1-2H3;3-19,29-32,35-36H,20-22H2,1-2H3/t2*29-,30-,31+,32-,35?,36?;29-,30+,31-,32-,35?,36?/m000/s1. The molecule has 0 aromatic heterocycles. The van der Waals surface area contributed by atoms with E-state index in [-0.39, 0.29) is 110 Å². The number of rotatable bonds is 18. The van der Waals surface area contributed by atoms with Crippen molar-refractivity contribution in [3.8, 4) is 0 Å². The number of hydrogen-bond acceptors (Lipinski definition) is 15. The van der Waals surface area contributed by atoms with Gasteiger partial charge in [-0.3, -0.25) is 14.4 Å². The molecule has 134 heavy (non-hydrogen) atoms. The number of carbonyl (C=O) groups excluding carboxylic acids is 3. The molecule has 6 saturated carbocycles. The maximum atomic E-state index is 15.3. The van der Waals surface area contributed by atoms with Crippen LogP contribution in [-0.4, -0.2) is 99.4 Å².